The van der Waals surface area contributed by atoms with Gasteiger partial charge in [0.2, 0.25) is 0 Å². The summed E-state index contributed by atoms with van der Waals surface area (Å²) in [5.74, 6) is 3.45. The molecular formula is C23H24O3. The van der Waals surface area contributed by atoms with Crippen LogP contribution in [-0.2, 0) is 5.41 Å². The van der Waals surface area contributed by atoms with Crippen LogP contribution in [0.3, 0.4) is 0 Å². The molecule has 0 amide bonds. The van der Waals surface area contributed by atoms with Gasteiger partial charge in [0.15, 0.2) is 0 Å². The first-order valence-electron chi connectivity index (χ1n) is 8.74. The Balaban J connectivity index is 2.01. The molecule has 2 aromatic carbocycles. The Bertz CT molecular complexity index is 896. The maximum Gasteiger partial charge on any atom is 0.343 e. The molecule has 0 saturated heterocycles. The van der Waals surface area contributed by atoms with Gasteiger partial charge in [0.05, 0.1) is 11.1 Å². The summed E-state index contributed by atoms with van der Waals surface area (Å²) < 4.78 is 11.7. The zero-order valence-electron chi connectivity index (χ0n) is 16.0. The molecule has 0 fully saturated rings. The lowest BCUT2D eigenvalue weighted by atomic mass is 9.72. The molecule has 0 unspecified atom stereocenters. The number of hydrogen-bond donors (Lipinski definition) is 0. The van der Waals surface area contributed by atoms with Crippen LogP contribution in [0, 0.1) is 19.3 Å². The molecule has 0 radical (unpaired) electrons. The number of carbonyl (C=O) groups excluding carboxylic acids is 1. The van der Waals surface area contributed by atoms with Crippen molar-refractivity contribution < 1.29 is 14.3 Å². The second-order valence-electron chi connectivity index (χ2n) is 8.17. The molecule has 3 rings (SSSR count). The molecule has 134 valence electrons. The predicted octanol–water partition coefficient (Wildman–Crippen LogP) is 5.03. The van der Waals surface area contributed by atoms with Crippen molar-refractivity contribution in [2.75, 3.05) is 0 Å². The summed E-state index contributed by atoms with van der Waals surface area (Å²) in [5.41, 5.74) is 2.60. The van der Waals surface area contributed by atoms with Gasteiger partial charge in [0.25, 0.3) is 0 Å². The molecule has 1 heterocycles. The Hall–Kier alpha value is -2.73. The molecule has 0 spiro atoms. The lowest BCUT2D eigenvalue weighted by molar-refractivity contribution is 0.0529. The summed E-state index contributed by atoms with van der Waals surface area (Å²) in [4.78, 5) is 12.7. The van der Waals surface area contributed by atoms with Crippen molar-refractivity contribution in [1.29, 1.82) is 0 Å². The number of ether oxygens (including phenoxy) is 2. The van der Waals surface area contributed by atoms with Gasteiger partial charge in [-0.3, -0.25) is 0 Å². The van der Waals surface area contributed by atoms with E-state index in [0.717, 1.165) is 17.5 Å². The van der Waals surface area contributed by atoms with E-state index in [1.807, 2.05) is 25.1 Å². The highest BCUT2D eigenvalue weighted by Crippen LogP contribution is 2.46. The van der Waals surface area contributed by atoms with E-state index in [1.165, 1.54) is 0 Å². The molecule has 0 aromatic heterocycles. The van der Waals surface area contributed by atoms with Gasteiger partial charge >= 0.3 is 5.97 Å². The highest BCUT2D eigenvalue weighted by molar-refractivity contribution is 5.92. The van der Waals surface area contributed by atoms with Crippen LogP contribution in [-0.4, -0.2) is 11.6 Å². The topological polar surface area (TPSA) is 35.5 Å². The molecule has 0 saturated carbocycles. The first-order valence-corrected chi connectivity index (χ1v) is 8.74. The van der Waals surface area contributed by atoms with E-state index < -0.39 is 5.97 Å². The number of carbonyl (C=O) groups is 1. The third-order valence-electron chi connectivity index (χ3n) is 4.69. The van der Waals surface area contributed by atoms with Crippen LogP contribution >= 0.6 is 0 Å². The van der Waals surface area contributed by atoms with Crippen molar-refractivity contribution in [2.24, 2.45) is 0 Å². The predicted molar refractivity (Wildman–Crippen MR) is 103 cm³/mol. The number of terminal acetylenes is 1. The third-order valence-corrected chi connectivity index (χ3v) is 4.69. The van der Waals surface area contributed by atoms with Crippen LogP contribution < -0.4 is 9.47 Å². The van der Waals surface area contributed by atoms with Gasteiger partial charge in [0, 0.05) is 5.56 Å². The van der Waals surface area contributed by atoms with Gasteiger partial charge in [-0.2, -0.15) is 0 Å². The number of aryl methyl sites for hydroxylation is 1. The fourth-order valence-corrected chi connectivity index (χ4v) is 3.71. The molecule has 0 N–H and O–H groups in total. The zero-order valence-corrected chi connectivity index (χ0v) is 16.0. The number of esters is 1. The van der Waals surface area contributed by atoms with Crippen LogP contribution in [0.5, 0.6) is 11.5 Å². The van der Waals surface area contributed by atoms with E-state index in [-0.39, 0.29) is 11.0 Å². The van der Waals surface area contributed by atoms with Gasteiger partial charge in [0.1, 0.15) is 17.1 Å². The molecule has 2 aromatic rings. The van der Waals surface area contributed by atoms with Crippen molar-refractivity contribution >= 4 is 5.97 Å². The van der Waals surface area contributed by atoms with E-state index in [4.69, 9.17) is 15.9 Å². The highest BCUT2D eigenvalue weighted by atomic mass is 16.5. The second kappa shape index (κ2) is 6.21. The van der Waals surface area contributed by atoms with Gasteiger partial charge in [-0.05, 0) is 56.9 Å². The fraction of sp³-hybridized carbons (Fsp3) is 0.348. The summed E-state index contributed by atoms with van der Waals surface area (Å²) >= 11 is 0. The molecule has 0 atom stereocenters. The van der Waals surface area contributed by atoms with Crippen molar-refractivity contribution in [1.82, 2.24) is 0 Å². The first-order chi connectivity index (χ1) is 12.1. The smallest absolute Gasteiger partial charge is 0.343 e. The molecule has 0 aliphatic carbocycles. The number of hydrogen-bond acceptors (Lipinski definition) is 3. The van der Waals surface area contributed by atoms with Crippen LogP contribution in [0.4, 0.5) is 0 Å². The van der Waals surface area contributed by atoms with Gasteiger partial charge in [-0.1, -0.05) is 37.5 Å². The van der Waals surface area contributed by atoms with E-state index in [9.17, 15) is 4.79 Å². The SMILES string of the molecule is C#Cc1cc(C(=O)Oc2ccc(C)cc2)cc2c1OC(C)(C)CC2(C)C. The molecule has 1 aliphatic heterocycles. The Kier molecular flexibility index (Phi) is 4.32. The van der Waals surface area contributed by atoms with Gasteiger partial charge in [-0.25, -0.2) is 4.79 Å². The minimum Gasteiger partial charge on any atom is -0.486 e. The quantitative estimate of drug-likeness (QED) is 0.433. The summed E-state index contributed by atoms with van der Waals surface area (Å²) in [6.45, 7) is 10.4. The molecule has 0 bridgehead atoms. The van der Waals surface area contributed by atoms with Crippen molar-refractivity contribution in [3.05, 3.63) is 58.7 Å². The Labute approximate surface area is 155 Å². The van der Waals surface area contributed by atoms with Crippen LogP contribution in [0.15, 0.2) is 36.4 Å². The summed E-state index contributed by atoms with van der Waals surface area (Å²) in [7, 11) is 0. The van der Waals surface area contributed by atoms with E-state index in [2.05, 4.69) is 33.6 Å². The van der Waals surface area contributed by atoms with E-state index in [0.29, 0.717) is 22.6 Å². The average molecular weight is 348 g/mol. The lowest BCUT2D eigenvalue weighted by Gasteiger charge is -2.43. The van der Waals surface area contributed by atoms with Crippen molar-refractivity contribution in [3.8, 4) is 23.8 Å². The lowest BCUT2D eigenvalue weighted by Crippen LogP contribution is -2.41. The van der Waals surface area contributed by atoms with Crippen molar-refractivity contribution in [3.63, 3.8) is 0 Å². The summed E-state index contributed by atoms with van der Waals surface area (Å²) in [6.07, 6.45) is 6.53. The van der Waals surface area contributed by atoms with Gasteiger partial charge < -0.3 is 9.47 Å². The Morgan fingerprint density at radius 1 is 1.15 bits per heavy atom. The zero-order chi connectivity index (χ0) is 19.1. The Morgan fingerprint density at radius 2 is 1.81 bits per heavy atom. The highest BCUT2D eigenvalue weighted by Gasteiger charge is 2.40. The normalized spacial score (nSPS) is 16.8. The number of fused-ring (bicyclic) bond motifs is 1. The number of rotatable bonds is 2. The molecule has 26 heavy (non-hydrogen) atoms. The van der Waals surface area contributed by atoms with Crippen molar-refractivity contribution in [2.45, 2.75) is 52.1 Å². The molecule has 3 nitrogen and oxygen atoms in total. The maximum absolute atomic E-state index is 12.7. The minimum absolute atomic E-state index is 0.164. The van der Waals surface area contributed by atoms with Crippen LogP contribution in [0.1, 0.15) is 61.2 Å². The summed E-state index contributed by atoms with van der Waals surface area (Å²) in [5, 5.41) is 0. The molecule has 3 heteroatoms. The minimum atomic E-state index is -0.422. The van der Waals surface area contributed by atoms with Crippen LogP contribution in [0.25, 0.3) is 0 Å². The van der Waals surface area contributed by atoms with E-state index in [1.54, 1.807) is 18.2 Å². The standard InChI is InChI=1S/C23H24O3/c1-7-16-12-17(21(24)25-18-10-8-15(2)9-11-18)13-19-20(16)26-23(5,6)14-22(19,3)4/h1,8-13H,14H2,2-6H3. The van der Waals surface area contributed by atoms with Crippen LogP contribution in [0.2, 0.25) is 0 Å². The molecule has 1 aliphatic rings. The third kappa shape index (κ3) is 3.46. The Morgan fingerprint density at radius 3 is 2.42 bits per heavy atom. The maximum atomic E-state index is 12.7. The first kappa shape index (κ1) is 18.1. The van der Waals surface area contributed by atoms with E-state index >= 15 is 0 Å². The largest absolute Gasteiger partial charge is 0.486 e. The average Bonchev–Trinajstić information content (AvgIpc) is 2.54. The van der Waals surface area contributed by atoms with Gasteiger partial charge in [-0.15, -0.1) is 6.42 Å². The monoisotopic (exact) mass is 348 g/mol. The number of benzene rings is 2. The summed E-state index contributed by atoms with van der Waals surface area (Å²) in [6, 6.07) is 10.9. The molecular weight excluding hydrogens is 324 g/mol. The second-order valence-corrected chi connectivity index (χ2v) is 8.17. The fourth-order valence-electron chi connectivity index (χ4n) is 3.71.